The summed E-state index contributed by atoms with van der Waals surface area (Å²) in [7, 11) is 0. The number of para-hydroxylation sites is 1. The predicted molar refractivity (Wildman–Crippen MR) is 97.7 cm³/mol. The van der Waals surface area contributed by atoms with Crippen LogP contribution in [0.4, 0.5) is 11.6 Å². The molecule has 1 aromatic carbocycles. The third-order valence-corrected chi connectivity index (χ3v) is 3.89. The highest BCUT2D eigenvalue weighted by atomic mass is 16.2. The maximum atomic E-state index is 12.5. The fraction of sp³-hybridized carbons (Fsp3) is 0.421. The Morgan fingerprint density at radius 2 is 1.58 bits per heavy atom. The molecule has 24 heavy (non-hydrogen) atoms. The number of nitrogens with one attached hydrogen (secondary N) is 1. The summed E-state index contributed by atoms with van der Waals surface area (Å²) < 4.78 is 0. The summed E-state index contributed by atoms with van der Waals surface area (Å²) in [6.07, 6.45) is 5.09. The van der Waals surface area contributed by atoms with E-state index in [0.29, 0.717) is 11.5 Å². The fourth-order valence-electron chi connectivity index (χ4n) is 2.66. The largest absolute Gasteiger partial charge is 0.339 e. The predicted octanol–water partition coefficient (Wildman–Crippen LogP) is 4.10. The van der Waals surface area contributed by atoms with E-state index >= 15 is 0 Å². The molecule has 128 valence electrons. The van der Waals surface area contributed by atoms with Crippen LogP contribution < -0.4 is 5.32 Å². The van der Waals surface area contributed by atoms with Crippen LogP contribution >= 0.6 is 0 Å². The van der Waals surface area contributed by atoms with E-state index in [1.54, 1.807) is 12.4 Å². The number of carbonyl (C=O) groups is 1. The second kappa shape index (κ2) is 8.43. The van der Waals surface area contributed by atoms with Crippen molar-refractivity contribution in [3.8, 4) is 0 Å². The Hall–Kier alpha value is -2.43. The molecule has 2 rings (SSSR count). The van der Waals surface area contributed by atoms with Gasteiger partial charge in [-0.3, -0.25) is 4.79 Å². The van der Waals surface area contributed by atoms with E-state index < -0.39 is 0 Å². The van der Waals surface area contributed by atoms with Gasteiger partial charge in [-0.1, -0.05) is 32.0 Å². The third-order valence-electron chi connectivity index (χ3n) is 3.89. The quantitative estimate of drug-likeness (QED) is 0.832. The molecule has 0 aliphatic rings. The van der Waals surface area contributed by atoms with Gasteiger partial charge in [0.25, 0.3) is 5.91 Å². The number of hydrogen-bond acceptors (Lipinski definition) is 4. The number of carbonyl (C=O) groups excluding carboxylic acids is 1. The van der Waals surface area contributed by atoms with E-state index in [4.69, 9.17) is 0 Å². The first-order valence-corrected chi connectivity index (χ1v) is 8.51. The van der Waals surface area contributed by atoms with Crippen molar-refractivity contribution < 1.29 is 4.79 Å². The number of nitrogens with zero attached hydrogens (tertiary/aromatic N) is 3. The molecule has 5 heteroatoms. The molecular formula is C19H26N4O. The Morgan fingerprint density at radius 3 is 2.08 bits per heavy atom. The summed E-state index contributed by atoms with van der Waals surface area (Å²) in [6.45, 7) is 9.75. The van der Waals surface area contributed by atoms with Crippen LogP contribution in [-0.2, 0) is 0 Å². The minimum absolute atomic E-state index is 0.00248. The number of aryl methyl sites for hydroxylation is 2. The topological polar surface area (TPSA) is 58.1 Å². The Morgan fingerprint density at radius 1 is 1.04 bits per heavy atom. The molecule has 0 unspecified atom stereocenters. The first-order chi connectivity index (χ1) is 11.6. The SMILES string of the molecule is CCCN(CCC)C(=O)c1cnc(Nc2c(C)cccc2C)nc1. The minimum Gasteiger partial charge on any atom is -0.339 e. The van der Waals surface area contributed by atoms with E-state index in [0.717, 1.165) is 42.7 Å². The van der Waals surface area contributed by atoms with Crippen molar-refractivity contribution in [2.75, 3.05) is 18.4 Å². The van der Waals surface area contributed by atoms with Crippen LogP contribution in [0.15, 0.2) is 30.6 Å². The number of hydrogen-bond donors (Lipinski definition) is 1. The molecule has 0 radical (unpaired) electrons. The lowest BCUT2D eigenvalue weighted by atomic mass is 10.1. The summed E-state index contributed by atoms with van der Waals surface area (Å²) in [5.41, 5.74) is 3.81. The Kier molecular flexibility index (Phi) is 6.29. The zero-order chi connectivity index (χ0) is 17.5. The molecular weight excluding hydrogens is 300 g/mol. The fourth-order valence-corrected chi connectivity index (χ4v) is 2.66. The highest BCUT2D eigenvalue weighted by Crippen LogP contribution is 2.22. The average molecular weight is 326 g/mol. The van der Waals surface area contributed by atoms with Gasteiger partial charge in [-0.15, -0.1) is 0 Å². The van der Waals surface area contributed by atoms with Crippen molar-refractivity contribution in [3.63, 3.8) is 0 Å². The second-order valence-corrected chi connectivity index (χ2v) is 5.98. The molecule has 0 saturated carbocycles. The average Bonchev–Trinajstić information content (AvgIpc) is 2.58. The van der Waals surface area contributed by atoms with Crippen molar-refractivity contribution in [2.45, 2.75) is 40.5 Å². The van der Waals surface area contributed by atoms with Crippen molar-refractivity contribution in [3.05, 3.63) is 47.3 Å². The van der Waals surface area contributed by atoms with Crippen LogP contribution in [0.2, 0.25) is 0 Å². The molecule has 5 nitrogen and oxygen atoms in total. The summed E-state index contributed by atoms with van der Waals surface area (Å²) in [6, 6.07) is 6.11. The first kappa shape index (κ1) is 17.9. The Balaban J connectivity index is 2.14. The zero-order valence-electron chi connectivity index (χ0n) is 15.0. The summed E-state index contributed by atoms with van der Waals surface area (Å²) >= 11 is 0. The normalized spacial score (nSPS) is 10.5. The van der Waals surface area contributed by atoms with Crippen molar-refractivity contribution in [2.24, 2.45) is 0 Å². The van der Waals surface area contributed by atoms with Crippen LogP contribution in [0.5, 0.6) is 0 Å². The summed E-state index contributed by atoms with van der Waals surface area (Å²) in [5, 5.41) is 3.24. The Bertz CT molecular complexity index is 656. The molecule has 0 aliphatic heterocycles. The van der Waals surface area contributed by atoms with Gasteiger partial charge in [0.15, 0.2) is 0 Å². The molecule has 0 bridgehead atoms. The lowest BCUT2D eigenvalue weighted by Gasteiger charge is -2.21. The van der Waals surface area contributed by atoms with Gasteiger partial charge < -0.3 is 10.2 Å². The molecule has 1 amide bonds. The monoisotopic (exact) mass is 326 g/mol. The van der Waals surface area contributed by atoms with Gasteiger partial charge >= 0.3 is 0 Å². The van der Waals surface area contributed by atoms with Gasteiger partial charge in [0.2, 0.25) is 5.95 Å². The first-order valence-electron chi connectivity index (χ1n) is 8.51. The molecule has 2 aromatic rings. The molecule has 1 N–H and O–H groups in total. The molecule has 0 spiro atoms. The maximum Gasteiger partial charge on any atom is 0.256 e. The van der Waals surface area contributed by atoms with Gasteiger partial charge in [0.05, 0.1) is 5.56 Å². The van der Waals surface area contributed by atoms with E-state index in [1.807, 2.05) is 36.9 Å². The van der Waals surface area contributed by atoms with Gasteiger partial charge in [0.1, 0.15) is 0 Å². The zero-order valence-corrected chi connectivity index (χ0v) is 15.0. The third kappa shape index (κ3) is 4.31. The van der Waals surface area contributed by atoms with Crippen LogP contribution in [0.25, 0.3) is 0 Å². The van der Waals surface area contributed by atoms with Crippen LogP contribution in [0, 0.1) is 13.8 Å². The standard InChI is InChI=1S/C19H26N4O/c1-5-10-23(11-6-2)18(24)16-12-20-19(21-13-16)22-17-14(3)8-7-9-15(17)4/h7-9,12-13H,5-6,10-11H2,1-4H3,(H,20,21,22). The second-order valence-electron chi connectivity index (χ2n) is 5.98. The highest BCUT2D eigenvalue weighted by Gasteiger charge is 2.15. The van der Waals surface area contributed by atoms with E-state index in [9.17, 15) is 4.79 Å². The van der Waals surface area contributed by atoms with Gasteiger partial charge in [-0.25, -0.2) is 9.97 Å². The number of benzene rings is 1. The minimum atomic E-state index is -0.00248. The number of rotatable bonds is 7. The molecule has 0 fully saturated rings. The van der Waals surface area contributed by atoms with Crippen molar-refractivity contribution in [1.82, 2.24) is 14.9 Å². The van der Waals surface area contributed by atoms with Crippen molar-refractivity contribution >= 4 is 17.5 Å². The van der Waals surface area contributed by atoms with Gasteiger partial charge in [-0.2, -0.15) is 0 Å². The molecule has 0 aliphatic carbocycles. The Labute approximate surface area is 144 Å². The van der Waals surface area contributed by atoms with E-state index in [1.165, 1.54) is 0 Å². The van der Waals surface area contributed by atoms with Gasteiger partial charge in [-0.05, 0) is 37.8 Å². The number of anilines is 2. The lowest BCUT2D eigenvalue weighted by molar-refractivity contribution is 0.0754. The number of aromatic nitrogens is 2. The van der Waals surface area contributed by atoms with Crippen LogP contribution in [0.3, 0.4) is 0 Å². The van der Waals surface area contributed by atoms with E-state index in [2.05, 4.69) is 29.1 Å². The summed E-state index contributed by atoms with van der Waals surface area (Å²) in [5.74, 6) is 0.499. The molecule has 1 aromatic heterocycles. The number of amides is 1. The molecule has 0 saturated heterocycles. The molecule has 1 heterocycles. The van der Waals surface area contributed by atoms with Crippen molar-refractivity contribution in [1.29, 1.82) is 0 Å². The van der Waals surface area contributed by atoms with Crippen LogP contribution in [0.1, 0.15) is 48.2 Å². The lowest BCUT2D eigenvalue weighted by Crippen LogP contribution is -2.32. The van der Waals surface area contributed by atoms with E-state index in [-0.39, 0.29) is 5.91 Å². The highest BCUT2D eigenvalue weighted by molar-refractivity contribution is 5.93. The smallest absolute Gasteiger partial charge is 0.256 e. The van der Waals surface area contributed by atoms with Gasteiger partial charge in [0, 0.05) is 31.2 Å². The molecule has 0 atom stereocenters. The summed E-state index contributed by atoms with van der Waals surface area (Å²) in [4.78, 5) is 23.0. The van der Waals surface area contributed by atoms with Crippen LogP contribution in [-0.4, -0.2) is 33.9 Å². The maximum absolute atomic E-state index is 12.5.